The fraction of sp³-hybridized carbons (Fsp3) is 0.333. The van der Waals surface area contributed by atoms with Crippen molar-refractivity contribution in [2.24, 2.45) is 5.73 Å². The topological polar surface area (TPSA) is 44.5 Å². The minimum atomic E-state index is 0.00938. The van der Waals surface area contributed by atoms with E-state index in [9.17, 15) is 0 Å². The molecule has 1 heterocycles. The molecule has 0 saturated carbocycles. The summed E-state index contributed by atoms with van der Waals surface area (Å²) in [5.41, 5.74) is 8.50. The van der Waals surface area contributed by atoms with E-state index in [1.165, 1.54) is 0 Å². The molecule has 0 radical (unpaired) electrons. The Morgan fingerprint density at radius 3 is 2.67 bits per heavy atom. The molecule has 3 rings (SSSR count). The maximum atomic E-state index is 6.27. The summed E-state index contributed by atoms with van der Waals surface area (Å²) in [6.45, 7) is 2.85. The molecule has 2 N–H and O–H groups in total. The summed E-state index contributed by atoms with van der Waals surface area (Å²) in [5, 5.41) is 0. The van der Waals surface area contributed by atoms with Crippen LogP contribution in [0.4, 0.5) is 0 Å². The van der Waals surface area contributed by atoms with E-state index in [0.29, 0.717) is 0 Å². The predicted molar refractivity (Wildman–Crippen MR) is 83.6 cm³/mol. The van der Waals surface area contributed by atoms with E-state index in [-0.39, 0.29) is 12.1 Å². The van der Waals surface area contributed by atoms with Crippen LogP contribution in [0, 0.1) is 0 Å². The molecule has 1 aliphatic heterocycles. The molecule has 3 heteroatoms. The molecule has 0 aliphatic carbocycles. The Morgan fingerprint density at radius 2 is 1.90 bits per heavy atom. The number of para-hydroxylation sites is 1. The van der Waals surface area contributed by atoms with Crippen molar-refractivity contribution >= 4 is 0 Å². The molecule has 2 aromatic carbocycles. The smallest absolute Gasteiger partial charge is 0.126 e. The fourth-order valence-corrected chi connectivity index (χ4v) is 2.66. The van der Waals surface area contributed by atoms with E-state index in [4.69, 9.17) is 15.2 Å². The van der Waals surface area contributed by atoms with E-state index < -0.39 is 0 Å². The van der Waals surface area contributed by atoms with E-state index in [1.807, 2.05) is 36.4 Å². The van der Waals surface area contributed by atoms with Crippen molar-refractivity contribution < 1.29 is 9.47 Å². The minimum Gasteiger partial charge on any atom is -0.494 e. The molecule has 110 valence electrons. The van der Waals surface area contributed by atoms with Crippen LogP contribution < -0.4 is 15.2 Å². The van der Waals surface area contributed by atoms with E-state index in [1.54, 1.807) is 0 Å². The number of benzene rings is 2. The van der Waals surface area contributed by atoms with Gasteiger partial charge in [-0.1, -0.05) is 37.3 Å². The highest BCUT2D eigenvalue weighted by Gasteiger charge is 2.26. The first-order chi connectivity index (χ1) is 10.3. The Morgan fingerprint density at radius 1 is 1.14 bits per heavy atom. The van der Waals surface area contributed by atoms with Gasteiger partial charge in [0.1, 0.15) is 17.6 Å². The number of hydrogen-bond acceptors (Lipinski definition) is 3. The molecule has 2 atom stereocenters. The van der Waals surface area contributed by atoms with Gasteiger partial charge in [-0.3, -0.25) is 0 Å². The SMILES string of the molecule is CCCOc1ccc(C2CC(N)c3ccccc3O2)cc1. The van der Waals surface area contributed by atoms with Crippen LogP contribution in [0.5, 0.6) is 11.5 Å². The second kappa shape index (κ2) is 6.19. The van der Waals surface area contributed by atoms with Crippen LogP contribution in [0.1, 0.15) is 43.0 Å². The third-order valence-electron chi connectivity index (χ3n) is 3.78. The van der Waals surface area contributed by atoms with Gasteiger partial charge in [-0.2, -0.15) is 0 Å². The molecule has 21 heavy (non-hydrogen) atoms. The van der Waals surface area contributed by atoms with Crippen molar-refractivity contribution in [1.29, 1.82) is 0 Å². The van der Waals surface area contributed by atoms with Gasteiger partial charge in [0.2, 0.25) is 0 Å². The Bertz CT molecular complexity index is 594. The molecule has 2 aromatic rings. The second-order valence-electron chi connectivity index (χ2n) is 5.40. The van der Waals surface area contributed by atoms with Gasteiger partial charge in [-0.25, -0.2) is 0 Å². The molecule has 1 aliphatic rings. The minimum absolute atomic E-state index is 0.00938. The van der Waals surface area contributed by atoms with Gasteiger partial charge in [0.15, 0.2) is 0 Å². The van der Waals surface area contributed by atoms with E-state index in [2.05, 4.69) is 19.1 Å². The maximum absolute atomic E-state index is 6.27. The lowest BCUT2D eigenvalue weighted by Crippen LogP contribution is -2.24. The number of rotatable bonds is 4. The van der Waals surface area contributed by atoms with Crippen LogP contribution in [-0.4, -0.2) is 6.61 Å². The van der Waals surface area contributed by atoms with Crippen molar-refractivity contribution in [2.75, 3.05) is 6.61 Å². The van der Waals surface area contributed by atoms with Gasteiger partial charge in [0.25, 0.3) is 0 Å². The van der Waals surface area contributed by atoms with Crippen molar-refractivity contribution in [1.82, 2.24) is 0 Å². The van der Waals surface area contributed by atoms with E-state index in [0.717, 1.165) is 42.1 Å². The zero-order valence-electron chi connectivity index (χ0n) is 12.3. The summed E-state index contributed by atoms with van der Waals surface area (Å²) in [7, 11) is 0. The molecule has 0 fully saturated rings. The Hall–Kier alpha value is -2.00. The highest BCUT2D eigenvalue weighted by atomic mass is 16.5. The second-order valence-corrected chi connectivity index (χ2v) is 5.40. The molecule has 0 amide bonds. The first-order valence-corrected chi connectivity index (χ1v) is 7.52. The summed E-state index contributed by atoms with van der Waals surface area (Å²) in [6.07, 6.45) is 1.82. The zero-order valence-corrected chi connectivity index (χ0v) is 12.3. The normalized spacial score (nSPS) is 20.5. The molecule has 0 bridgehead atoms. The molecule has 0 saturated heterocycles. The summed E-state index contributed by atoms with van der Waals surface area (Å²) in [6, 6.07) is 16.2. The number of ether oxygens (including phenoxy) is 2. The Kier molecular flexibility index (Phi) is 4.11. The fourth-order valence-electron chi connectivity index (χ4n) is 2.66. The van der Waals surface area contributed by atoms with Crippen LogP contribution in [-0.2, 0) is 0 Å². The predicted octanol–water partition coefficient (Wildman–Crippen LogP) is 4.00. The number of fused-ring (bicyclic) bond motifs is 1. The first kappa shape index (κ1) is 14.0. The molecular formula is C18H21NO2. The first-order valence-electron chi connectivity index (χ1n) is 7.52. The standard InChI is InChI=1S/C18H21NO2/c1-2-11-20-14-9-7-13(8-10-14)18-12-16(19)15-5-3-4-6-17(15)21-18/h3-10,16,18H,2,11-12,19H2,1H3. The van der Waals surface area contributed by atoms with Gasteiger partial charge in [0, 0.05) is 18.0 Å². The summed E-state index contributed by atoms with van der Waals surface area (Å²) >= 11 is 0. The summed E-state index contributed by atoms with van der Waals surface area (Å²) in [5.74, 6) is 1.80. The highest BCUT2D eigenvalue weighted by molar-refractivity contribution is 5.39. The lowest BCUT2D eigenvalue weighted by molar-refractivity contribution is 0.161. The largest absolute Gasteiger partial charge is 0.494 e. The average Bonchev–Trinajstić information content (AvgIpc) is 2.53. The van der Waals surface area contributed by atoms with Crippen molar-refractivity contribution in [3.63, 3.8) is 0 Å². The molecule has 2 unspecified atom stereocenters. The van der Waals surface area contributed by atoms with Crippen LogP contribution in [0.2, 0.25) is 0 Å². The van der Waals surface area contributed by atoms with Gasteiger partial charge in [-0.15, -0.1) is 0 Å². The monoisotopic (exact) mass is 283 g/mol. The van der Waals surface area contributed by atoms with Gasteiger partial charge in [0.05, 0.1) is 6.61 Å². The lowest BCUT2D eigenvalue weighted by Gasteiger charge is -2.30. The molecule has 3 nitrogen and oxygen atoms in total. The van der Waals surface area contributed by atoms with Crippen molar-refractivity contribution in [2.45, 2.75) is 31.9 Å². The summed E-state index contributed by atoms with van der Waals surface area (Å²) in [4.78, 5) is 0. The van der Waals surface area contributed by atoms with Crippen molar-refractivity contribution in [3.05, 3.63) is 59.7 Å². The third kappa shape index (κ3) is 3.03. The quantitative estimate of drug-likeness (QED) is 0.922. The third-order valence-corrected chi connectivity index (χ3v) is 3.78. The van der Waals surface area contributed by atoms with Gasteiger partial charge < -0.3 is 15.2 Å². The van der Waals surface area contributed by atoms with E-state index >= 15 is 0 Å². The van der Waals surface area contributed by atoms with Crippen molar-refractivity contribution in [3.8, 4) is 11.5 Å². The molecular weight excluding hydrogens is 262 g/mol. The Balaban J connectivity index is 1.76. The van der Waals surface area contributed by atoms with Gasteiger partial charge in [-0.05, 0) is 30.2 Å². The van der Waals surface area contributed by atoms with Crippen LogP contribution in [0.3, 0.4) is 0 Å². The Labute approximate surface area is 125 Å². The highest BCUT2D eigenvalue weighted by Crippen LogP contribution is 2.39. The number of nitrogens with two attached hydrogens (primary N) is 1. The lowest BCUT2D eigenvalue weighted by atomic mass is 9.93. The molecule has 0 aromatic heterocycles. The average molecular weight is 283 g/mol. The number of hydrogen-bond donors (Lipinski definition) is 1. The molecule has 0 spiro atoms. The van der Waals surface area contributed by atoms with Gasteiger partial charge >= 0.3 is 0 Å². The van der Waals surface area contributed by atoms with Crippen LogP contribution >= 0.6 is 0 Å². The van der Waals surface area contributed by atoms with Crippen LogP contribution in [0.25, 0.3) is 0 Å². The van der Waals surface area contributed by atoms with Crippen LogP contribution in [0.15, 0.2) is 48.5 Å². The summed E-state index contributed by atoms with van der Waals surface area (Å²) < 4.78 is 11.7. The zero-order chi connectivity index (χ0) is 14.7. The maximum Gasteiger partial charge on any atom is 0.126 e.